The van der Waals surface area contributed by atoms with Crippen LogP contribution in [0.1, 0.15) is 32.3 Å². The second kappa shape index (κ2) is 6.45. The van der Waals surface area contributed by atoms with E-state index in [2.05, 4.69) is 23.7 Å². The maximum absolute atomic E-state index is 9.19. The average molecular weight is 237 g/mol. The van der Waals surface area contributed by atoms with Crippen LogP contribution in [0, 0.1) is 6.92 Å². The molecule has 1 aromatic heterocycles. The molecule has 1 aromatic rings. The summed E-state index contributed by atoms with van der Waals surface area (Å²) in [5.41, 5.74) is 7.82. The van der Waals surface area contributed by atoms with E-state index in [0.29, 0.717) is 18.3 Å². The lowest BCUT2D eigenvalue weighted by atomic mass is 10.1. The number of nitrogens with two attached hydrogens (primary N) is 1. The number of aliphatic hydroxyl groups excluding tert-OH is 1. The number of aromatic nitrogens is 1. The van der Waals surface area contributed by atoms with Crippen LogP contribution in [0.15, 0.2) is 12.3 Å². The van der Waals surface area contributed by atoms with E-state index in [9.17, 15) is 5.11 Å². The van der Waals surface area contributed by atoms with Crippen LogP contribution in [0.2, 0.25) is 0 Å². The third-order valence-electron chi connectivity index (χ3n) is 3.18. The lowest BCUT2D eigenvalue weighted by molar-refractivity contribution is 0.295. The molecule has 4 nitrogen and oxygen atoms in total. The quantitative estimate of drug-likeness (QED) is 0.794. The van der Waals surface area contributed by atoms with Gasteiger partial charge in [-0.2, -0.15) is 0 Å². The first kappa shape index (κ1) is 13.8. The summed E-state index contributed by atoms with van der Waals surface area (Å²) in [6.45, 7) is 6.96. The summed E-state index contributed by atoms with van der Waals surface area (Å²) in [5.74, 6) is 0.799. The highest BCUT2D eigenvalue weighted by Gasteiger charge is 2.19. The van der Waals surface area contributed by atoms with Crippen molar-refractivity contribution in [2.45, 2.75) is 39.7 Å². The Labute approximate surface area is 103 Å². The first-order valence-corrected chi connectivity index (χ1v) is 6.24. The molecule has 0 aliphatic rings. The van der Waals surface area contributed by atoms with Gasteiger partial charge in [0.2, 0.25) is 0 Å². The van der Waals surface area contributed by atoms with Gasteiger partial charge in [0.15, 0.2) is 5.82 Å². The summed E-state index contributed by atoms with van der Waals surface area (Å²) >= 11 is 0. The lowest BCUT2D eigenvalue weighted by Crippen LogP contribution is -2.38. The third kappa shape index (κ3) is 3.09. The molecule has 0 saturated heterocycles. The molecule has 0 amide bonds. The lowest BCUT2D eigenvalue weighted by Gasteiger charge is -2.32. The van der Waals surface area contributed by atoms with E-state index in [0.717, 1.165) is 24.2 Å². The molecule has 0 spiro atoms. The fourth-order valence-corrected chi connectivity index (χ4v) is 2.08. The zero-order chi connectivity index (χ0) is 12.8. The number of pyridine rings is 1. The molecule has 0 aliphatic carbocycles. The Morgan fingerprint density at radius 1 is 1.41 bits per heavy atom. The van der Waals surface area contributed by atoms with Crippen LogP contribution in [0.4, 0.5) is 11.5 Å². The van der Waals surface area contributed by atoms with Crippen molar-refractivity contribution >= 4 is 11.5 Å². The van der Waals surface area contributed by atoms with E-state index >= 15 is 0 Å². The van der Waals surface area contributed by atoms with Crippen molar-refractivity contribution in [1.29, 1.82) is 0 Å². The molecule has 0 radical (unpaired) electrons. The second-order valence-electron chi connectivity index (χ2n) is 4.25. The molecule has 0 aromatic carbocycles. The van der Waals surface area contributed by atoms with Gasteiger partial charge in [-0.3, -0.25) is 0 Å². The van der Waals surface area contributed by atoms with Gasteiger partial charge in [0.05, 0.1) is 12.3 Å². The number of aliphatic hydroxyl groups is 1. The van der Waals surface area contributed by atoms with Crippen LogP contribution >= 0.6 is 0 Å². The SMILES string of the molecule is CCC(CC)N(CCO)c1nccc(C)c1N. The van der Waals surface area contributed by atoms with Gasteiger partial charge in [0, 0.05) is 18.8 Å². The predicted octanol–water partition coefficient (Wildman–Crippen LogP) is 1.96. The molecule has 17 heavy (non-hydrogen) atoms. The molecule has 1 heterocycles. The Bertz CT molecular complexity index is 351. The molecule has 0 aliphatic heterocycles. The van der Waals surface area contributed by atoms with Gasteiger partial charge in [-0.1, -0.05) is 13.8 Å². The van der Waals surface area contributed by atoms with Gasteiger partial charge in [0.1, 0.15) is 0 Å². The molecule has 3 N–H and O–H groups in total. The molecule has 0 atom stereocenters. The van der Waals surface area contributed by atoms with Crippen LogP contribution in [-0.2, 0) is 0 Å². The highest BCUT2D eigenvalue weighted by Crippen LogP contribution is 2.26. The van der Waals surface area contributed by atoms with Crippen molar-refractivity contribution in [3.05, 3.63) is 17.8 Å². The minimum atomic E-state index is 0.117. The van der Waals surface area contributed by atoms with Crippen LogP contribution in [0.3, 0.4) is 0 Å². The van der Waals surface area contributed by atoms with Gasteiger partial charge in [-0.05, 0) is 31.4 Å². The summed E-state index contributed by atoms with van der Waals surface area (Å²) in [7, 11) is 0. The summed E-state index contributed by atoms with van der Waals surface area (Å²) in [6, 6.07) is 2.28. The van der Waals surface area contributed by atoms with Crippen LogP contribution < -0.4 is 10.6 Å². The minimum Gasteiger partial charge on any atom is -0.396 e. The van der Waals surface area contributed by atoms with Gasteiger partial charge < -0.3 is 15.7 Å². The molecule has 0 saturated carbocycles. The maximum atomic E-state index is 9.19. The molecular formula is C13H23N3O. The van der Waals surface area contributed by atoms with Crippen molar-refractivity contribution in [2.24, 2.45) is 0 Å². The predicted molar refractivity (Wildman–Crippen MR) is 72.2 cm³/mol. The summed E-state index contributed by atoms with van der Waals surface area (Å²) in [4.78, 5) is 6.48. The standard InChI is InChI=1S/C13H23N3O/c1-4-11(5-2)16(8-9-17)13-12(14)10(3)6-7-15-13/h6-7,11,17H,4-5,8-9,14H2,1-3H3. The van der Waals surface area contributed by atoms with Crippen molar-refractivity contribution in [3.63, 3.8) is 0 Å². The Hall–Kier alpha value is -1.29. The highest BCUT2D eigenvalue weighted by molar-refractivity contribution is 5.66. The van der Waals surface area contributed by atoms with Gasteiger partial charge in [0.25, 0.3) is 0 Å². The molecule has 0 fully saturated rings. The molecule has 4 heteroatoms. The van der Waals surface area contributed by atoms with Crippen molar-refractivity contribution < 1.29 is 5.11 Å². The first-order chi connectivity index (χ1) is 8.15. The smallest absolute Gasteiger partial charge is 0.152 e. The van der Waals surface area contributed by atoms with E-state index in [1.807, 2.05) is 13.0 Å². The molecule has 96 valence electrons. The monoisotopic (exact) mass is 237 g/mol. The van der Waals surface area contributed by atoms with E-state index in [1.54, 1.807) is 6.20 Å². The Kier molecular flexibility index (Phi) is 5.22. The largest absolute Gasteiger partial charge is 0.396 e. The van der Waals surface area contributed by atoms with Gasteiger partial charge in [-0.25, -0.2) is 4.98 Å². The number of aryl methyl sites for hydroxylation is 1. The van der Waals surface area contributed by atoms with Gasteiger partial charge in [-0.15, -0.1) is 0 Å². The maximum Gasteiger partial charge on any atom is 0.152 e. The Balaban J connectivity index is 3.08. The summed E-state index contributed by atoms with van der Waals surface area (Å²) in [5, 5.41) is 9.19. The number of hydrogen-bond acceptors (Lipinski definition) is 4. The Morgan fingerprint density at radius 3 is 2.59 bits per heavy atom. The number of hydrogen-bond donors (Lipinski definition) is 2. The number of rotatable bonds is 6. The highest BCUT2D eigenvalue weighted by atomic mass is 16.3. The zero-order valence-electron chi connectivity index (χ0n) is 11.0. The van der Waals surface area contributed by atoms with Crippen molar-refractivity contribution in [2.75, 3.05) is 23.8 Å². The normalized spacial score (nSPS) is 10.9. The number of nitrogens with zero attached hydrogens (tertiary/aromatic N) is 2. The zero-order valence-corrected chi connectivity index (χ0v) is 11.0. The van der Waals surface area contributed by atoms with Crippen LogP contribution in [0.5, 0.6) is 0 Å². The third-order valence-corrected chi connectivity index (χ3v) is 3.18. The molecular weight excluding hydrogens is 214 g/mol. The molecule has 0 unspecified atom stereocenters. The second-order valence-corrected chi connectivity index (χ2v) is 4.25. The van der Waals surface area contributed by atoms with Crippen LogP contribution in [-0.4, -0.2) is 29.3 Å². The Morgan fingerprint density at radius 2 is 2.06 bits per heavy atom. The van der Waals surface area contributed by atoms with Crippen LogP contribution in [0.25, 0.3) is 0 Å². The molecule has 0 bridgehead atoms. The minimum absolute atomic E-state index is 0.117. The van der Waals surface area contributed by atoms with E-state index in [4.69, 9.17) is 5.73 Å². The average Bonchev–Trinajstić information content (AvgIpc) is 2.33. The fourth-order valence-electron chi connectivity index (χ4n) is 2.08. The first-order valence-electron chi connectivity index (χ1n) is 6.24. The topological polar surface area (TPSA) is 62.4 Å². The summed E-state index contributed by atoms with van der Waals surface area (Å²) < 4.78 is 0. The van der Waals surface area contributed by atoms with E-state index in [1.165, 1.54) is 0 Å². The van der Waals surface area contributed by atoms with Gasteiger partial charge >= 0.3 is 0 Å². The van der Waals surface area contributed by atoms with E-state index in [-0.39, 0.29) is 6.61 Å². The van der Waals surface area contributed by atoms with E-state index < -0.39 is 0 Å². The molecule has 1 rings (SSSR count). The van der Waals surface area contributed by atoms with Crippen molar-refractivity contribution in [1.82, 2.24) is 4.98 Å². The fraction of sp³-hybridized carbons (Fsp3) is 0.615. The van der Waals surface area contributed by atoms with Crippen molar-refractivity contribution in [3.8, 4) is 0 Å². The number of nitrogen functional groups attached to an aromatic ring is 1. The number of anilines is 2. The summed E-state index contributed by atoms with van der Waals surface area (Å²) in [6.07, 6.45) is 3.81.